The minimum Gasteiger partial charge on any atom is -0.493 e. The van der Waals surface area contributed by atoms with E-state index in [1.54, 1.807) is 7.11 Å². The molecule has 0 aliphatic rings. The fourth-order valence-corrected chi connectivity index (χ4v) is 2.52. The molecule has 5 nitrogen and oxygen atoms in total. The minimum atomic E-state index is 0.111. The van der Waals surface area contributed by atoms with Crippen molar-refractivity contribution < 1.29 is 9.84 Å². The summed E-state index contributed by atoms with van der Waals surface area (Å²) in [5.74, 6) is 0.111. The molecule has 0 fully saturated rings. The molecule has 3 aromatic rings. The molecule has 0 aliphatic heterocycles. The highest BCUT2D eigenvalue weighted by atomic mass is 35.5. The summed E-state index contributed by atoms with van der Waals surface area (Å²) in [7, 11) is 1.63. The Balaban J connectivity index is 2.09. The van der Waals surface area contributed by atoms with E-state index in [2.05, 4.69) is 10.1 Å². The maximum atomic E-state index is 10.4. The van der Waals surface area contributed by atoms with Gasteiger partial charge in [-0.1, -0.05) is 23.7 Å². The highest BCUT2D eigenvalue weighted by molar-refractivity contribution is 6.30. The minimum absolute atomic E-state index is 0.111. The number of benzene rings is 1. The Morgan fingerprint density at radius 1 is 1.27 bits per heavy atom. The van der Waals surface area contributed by atoms with E-state index in [0.29, 0.717) is 23.7 Å². The van der Waals surface area contributed by atoms with Gasteiger partial charge in [-0.15, -0.1) is 0 Å². The van der Waals surface area contributed by atoms with Crippen molar-refractivity contribution in [2.45, 2.75) is 13.3 Å². The van der Waals surface area contributed by atoms with Crippen molar-refractivity contribution >= 4 is 17.2 Å². The summed E-state index contributed by atoms with van der Waals surface area (Å²) >= 11 is 5.90. The fourth-order valence-electron chi connectivity index (χ4n) is 2.39. The first kappa shape index (κ1) is 14.8. The van der Waals surface area contributed by atoms with Crippen molar-refractivity contribution in [1.82, 2.24) is 14.6 Å². The van der Waals surface area contributed by atoms with Gasteiger partial charge in [0.2, 0.25) is 5.88 Å². The lowest BCUT2D eigenvalue weighted by molar-refractivity contribution is 0.201. The van der Waals surface area contributed by atoms with Gasteiger partial charge in [-0.2, -0.15) is 9.61 Å². The lowest BCUT2D eigenvalue weighted by Crippen LogP contribution is -2.04. The second-order valence-electron chi connectivity index (χ2n) is 5.05. The summed E-state index contributed by atoms with van der Waals surface area (Å²) in [6.07, 6.45) is 0.591. The summed E-state index contributed by atoms with van der Waals surface area (Å²) in [5.41, 5.74) is 3.80. The van der Waals surface area contributed by atoms with Crippen LogP contribution in [0.4, 0.5) is 0 Å². The first-order valence-corrected chi connectivity index (χ1v) is 7.31. The average molecular weight is 318 g/mol. The van der Waals surface area contributed by atoms with Crippen LogP contribution in [0.3, 0.4) is 0 Å². The molecule has 2 aromatic heterocycles. The predicted molar refractivity (Wildman–Crippen MR) is 85.4 cm³/mol. The molecule has 0 spiro atoms. The largest absolute Gasteiger partial charge is 0.493 e. The number of aromatic nitrogens is 3. The molecule has 0 radical (unpaired) electrons. The van der Waals surface area contributed by atoms with Gasteiger partial charge < -0.3 is 9.84 Å². The van der Waals surface area contributed by atoms with Crippen molar-refractivity contribution in [1.29, 1.82) is 0 Å². The molecule has 1 aromatic carbocycles. The smallest absolute Gasteiger partial charge is 0.219 e. The van der Waals surface area contributed by atoms with Crippen LogP contribution in [0.2, 0.25) is 5.02 Å². The summed E-state index contributed by atoms with van der Waals surface area (Å²) in [4.78, 5) is 4.51. The first-order chi connectivity index (χ1) is 10.6. The number of aryl methyl sites for hydroxylation is 1. The van der Waals surface area contributed by atoms with Gasteiger partial charge in [0.05, 0.1) is 12.3 Å². The van der Waals surface area contributed by atoms with Gasteiger partial charge in [0.1, 0.15) is 0 Å². The molecule has 6 heteroatoms. The van der Waals surface area contributed by atoms with E-state index < -0.39 is 0 Å². The van der Waals surface area contributed by atoms with E-state index >= 15 is 0 Å². The fraction of sp³-hybridized carbons (Fsp3) is 0.250. The number of halogens is 1. The van der Waals surface area contributed by atoms with Gasteiger partial charge in [0, 0.05) is 41.4 Å². The number of rotatable bonds is 4. The number of hydrogen-bond acceptors (Lipinski definition) is 4. The van der Waals surface area contributed by atoms with E-state index in [-0.39, 0.29) is 5.88 Å². The number of nitrogens with zero attached hydrogens (tertiary/aromatic N) is 3. The SMILES string of the molecule is COCCc1c(C)nc2cc(-c3ccc(Cl)cc3)nn2c1O. The molecule has 22 heavy (non-hydrogen) atoms. The van der Waals surface area contributed by atoms with E-state index in [0.717, 1.165) is 22.5 Å². The summed E-state index contributed by atoms with van der Waals surface area (Å²) in [5, 5.41) is 15.6. The summed E-state index contributed by atoms with van der Waals surface area (Å²) in [6, 6.07) is 9.24. The Morgan fingerprint density at radius 3 is 2.68 bits per heavy atom. The number of methoxy groups -OCH3 is 1. The lowest BCUT2D eigenvalue weighted by atomic mass is 10.1. The second kappa shape index (κ2) is 5.94. The zero-order chi connectivity index (χ0) is 15.7. The molecule has 0 aliphatic carbocycles. The standard InChI is InChI=1S/C16H16ClN3O2/c1-10-13(7-8-22-2)16(21)20-15(18-10)9-14(19-20)11-3-5-12(17)6-4-11/h3-6,9,21H,7-8H2,1-2H3. The van der Waals surface area contributed by atoms with Crippen molar-refractivity contribution in [2.75, 3.05) is 13.7 Å². The van der Waals surface area contributed by atoms with Crippen molar-refractivity contribution in [3.63, 3.8) is 0 Å². The monoisotopic (exact) mass is 317 g/mol. The highest BCUT2D eigenvalue weighted by Gasteiger charge is 2.15. The van der Waals surface area contributed by atoms with Crippen molar-refractivity contribution in [3.8, 4) is 17.1 Å². The molecule has 114 valence electrons. The maximum absolute atomic E-state index is 10.4. The summed E-state index contributed by atoms with van der Waals surface area (Å²) in [6.45, 7) is 2.40. The third-order valence-electron chi connectivity index (χ3n) is 3.58. The molecule has 0 unspecified atom stereocenters. The Labute approximate surface area is 133 Å². The van der Waals surface area contributed by atoms with Crippen LogP contribution in [0.5, 0.6) is 5.88 Å². The van der Waals surface area contributed by atoms with Crippen LogP contribution < -0.4 is 0 Å². The molecular weight excluding hydrogens is 302 g/mol. The first-order valence-electron chi connectivity index (χ1n) is 6.93. The Hall–Kier alpha value is -2.11. The molecule has 0 saturated heterocycles. The van der Waals surface area contributed by atoms with E-state index in [1.165, 1.54) is 4.52 Å². The molecular formula is C16H16ClN3O2. The lowest BCUT2D eigenvalue weighted by Gasteiger charge is -2.08. The van der Waals surface area contributed by atoms with Gasteiger partial charge in [-0.25, -0.2) is 4.98 Å². The molecule has 3 rings (SSSR count). The Bertz CT molecular complexity index is 812. The molecule has 0 atom stereocenters. The van der Waals surface area contributed by atoms with Crippen LogP contribution >= 0.6 is 11.6 Å². The molecule has 0 amide bonds. The Morgan fingerprint density at radius 2 is 2.00 bits per heavy atom. The van der Waals surface area contributed by atoms with Gasteiger partial charge >= 0.3 is 0 Å². The van der Waals surface area contributed by atoms with Crippen LogP contribution in [0, 0.1) is 6.92 Å². The quantitative estimate of drug-likeness (QED) is 0.802. The molecule has 2 heterocycles. The van der Waals surface area contributed by atoms with Gasteiger partial charge in [0.25, 0.3) is 0 Å². The maximum Gasteiger partial charge on any atom is 0.219 e. The summed E-state index contributed by atoms with van der Waals surface area (Å²) < 4.78 is 6.53. The van der Waals surface area contributed by atoms with Gasteiger partial charge in [-0.3, -0.25) is 0 Å². The van der Waals surface area contributed by atoms with Crippen LogP contribution in [-0.2, 0) is 11.2 Å². The zero-order valence-corrected chi connectivity index (χ0v) is 13.1. The normalized spacial score (nSPS) is 11.2. The topological polar surface area (TPSA) is 59.7 Å². The van der Waals surface area contributed by atoms with Gasteiger partial charge in [-0.05, 0) is 19.1 Å². The highest BCUT2D eigenvalue weighted by Crippen LogP contribution is 2.26. The number of hydrogen-bond donors (Lipinski definition) is 1. The second-order valence-corrected chi connectivity index (χ2v) is 5.49. The van der Waals surface area contributed by atoms with E-state index in [4.69, 9.17) is 16.3 Å². The van der Waals surface area contributed by atoms with Crippen molar-refractivity contribution in [2.24, 2.45) is 0 Å². The zero-order valence-electron chi connectivity index (χ0n) is 12.4. The van der Waals surface area contributed by atoms with Crippen LogP contribution in [0.1, 0.15) is 11.3 Å². The Kier molecular flexibility index (Phi) is 4.00. The van der Waals surface area contributed by atoms with Crippen LogP contribution in [0.15, 0.2) is 30.3 Å². The number of fused-ring (bicyclic) bond motifs is 1. The predicted octanol–water partition coefficient (Wildman–Crippen LogP) is 3.25. The molecule has 0 saturated carbocycles. The number of aromatic hydroxyl groups is 1. The van der Waals surface area contributed by atoms with E-state index in [1.807, 2.05) is 37.3 Å². The molecule has 1 N–H and O–H groups in total. The van der Waals surface area contributed by atoms with E-state index in [9.17, 15) is 5.11 Å². The third kappa shape index (κ3) is 2.65. The van der Waals surface area contributed by atoms with Crippen molar-refractivity contribution in [3.05, 3.63) is 46.6 Å². The average Bonchev–Trinajstić information content (AvgIpc) is 2.92. The van der Waals surface area contributed by atoms with Crippen LogP contribution in [0.25, 0.3) is 16.9 Å². The third-order valence-corrected chi connectivity index (χ3v) is 3.83. The van der Waals surface area contributed by atoms with Crippen LogP contribution in [-0.4, -0.2) is 33.4 Å². The number of ether oxygens (including phenoxy) is 1. The van der Waals surface area contributed by atoms with Gasteiger partial charge in [0.15, 0.2) is 5.65 Å². The molecule has 0 bridgehead atoms.